The van der Waals surface area contributed by atoms with Gasteiger partial charge in [0.2, 0.25) is 0 Å². The van der Waals surface area contributed by atoms with Crippen molar-refractivity contribution in [3.63, 3.8) is 0 Å². The van der Waals surface area contributed by atoms with Gasteiger partial charge in [-0.25, -0.2) is 0 Å². The second-order valence-corrected chi connectivity index (χ2v) is 3.03. The molecule has 12 heavy (non-hydrogen) atoms. The maximum Gasteiger partial charge on any atom is 0.323 e. The lowest BCUT2D eigenvalue weighted by Gasteiger charge is -2.07. The number of hydrogen-bond acceptors (Lipinski definition) is 4. The van der Waals surface area contributed by atoms with Gasteiger partial charge < -0.3 is 10.5 Å². The monoisotopic (exact) mass is 191 g/mol. The van der Waals surface area contributed by atoms with Crippen LogP contribution in [0.2, 0.25) is 0 Å². The van der Waals surface area contributed by atoms with Crippen LogP contribution in [0.3, 0.4) is 0 Å². The van der Waals surface area contributed by atoms with Gasteiger partial charge in [-0.2, -0.15) is 12.6 Å². The summed E-state index contributed by atoms with van der Waals surface area (Å²) in [6.07, 6.45) is 3.13. The van der Waals surface area contributed by atoms with Crippen molar-refractivity contribution in [1.29, 1.82) is 0 Å². The first-order valence-electron chi connectivity index (χ1n) is 4.25. The first-order chi connectivity index (χ1) is 5.72. The van der Waals surface area contributed by atoms with Crippen LogP contribution < -0.4 is 5.73 Å². The molecule has 0 heterocycles. The summed E-state index contributed by atoms with van der Waals surface area (Å²) in [5.41, 5.74) is 5.38. The van der Waals surface area contributed by atoms with Crippen molar-refractivity contribution in [2.45, 2.75) is 32.2 Å². The van der Waals surface area contributed by atoms with Gasteiger partial charge in [-0.15, -0.1) is 0 Å². The molecule has 0 bridgehead atoms. The Morgan fingerprint density at radius 3 is 2.75 bits per heavy atom. The molecule has 0 aromatic carbocycles. The zero-order valence-electron chi connectivity index (χ0n) is 7.45. The third-order valence-corrected chi connectivity index (χ3v) is 1.89. The summed E-state index contributed by atoms with van der Waals surface area (Å²) >= 11 is 3.89. The molecule has 0 saturated heterocycles. The molecule has 0 aliphatic heterocycles. The Hall–Kier alpha value is -0.220. The van der Waals surface area contributed by atoms with Crippen molar-refractivity contribution >= 4 is 18.6 Å². The van der Waals surface area contributed by atoms with E-state index in [-0.39, 0.29) is 5.97 Å². The second-order valence-electron chi connectivity index (χ2n) is 2.66. The van der Waals surface area contributed by atoms with E-state index < -0.39 is 6.04 Å². The predicted octanol–water partition coefficient (Wildman–Crippen LogP) is 0.977. The molecule has 3 nitrogen and oxygen atoms in total. The lowest BCUT2D eigenvalue weighted by molar-refractivity contribution is -0.144. The molecule has 1 atom stereocenters. The van der Waals surface area contributed by atoms with Crippen molar-refractivity contribution in [3.05, 3.63) is 0 Å². The summed E-state index contributed by atoms with van der Waals surface area (Å²) in [6, 6.07) is -0.574. The molecule has 0 aliphatic carbocycles. The van der Waals surface area contributed by atoms with Crippen LogP contribution in [0.1, 0.15) is 26.2 Å². The van der Waals surface area contributed by atoms with Crippen molar-refractivity contribution in [1.82, 2.24) is 0 Å². The van der Waals surface area contributed by atoms with Crippen molar-refractivity contribution in [2.75, 3.05) is 12.4 Å². The van der Waals surface area contributed by atoms with Crippen LogP contribution in [0.25, 0.3) is 0 Å². The lowest BCUT2D eigenvalue weighted by Crippen LogP contribution is -2.34. The third-order valence-electron chi connectivity index (χ3n) is 1.49. The highest BCUT2D eigenvalue weighted by molar-refractivity contribution is 7.80. The van der Waals surface area contributed by atoms with Crippen LogP contribution in [0.4, 0.5) is 0 Å². The molecule has 0 aromatic heterocycles. The van der Waals surface area contributed by atoms with E-state index in [1.165, 1.54) is 0 Å². The maximum atomic E-state index is 10.9. The van der Waals surface area contributed by atoms with Crippen LogP contribution >= 0.6 is 12.6 Å². The number of unbranched alkanes of at least 4 members (excludes halogenated alkanes) is 2. The number of carbonyl (C=O) groups excluding carboxylic acids is 1. The Morgan fingerprint density at radius 1 is 1.58 bits per heavy atom. The SMILES string of the molecule is CCCCCOC(=O)[C@H](N)CS. The normalized spacial score (nSPS) is 12.6. The fourth-order valence-electron chi connectivity index (χ4n) is 0.706. The van der Waals surface area contributed by atoms with E-state index in [9.17, 15) is 4.79 Å². The van der Waals surface area contributed by atoms with Crippen LogP contribution in [0, 0.1) is 0 Å². The molecule has 0 radical (unpaired) electrons. The molecular weight excluding hydrogens is 174 g/mol. The average Bonchev–Trinajstić information content (AvgIpc) is 2.10. The van der Waals surface area contributed by atoms with Gasteiger partial charge in [0.15, 0.2) is 0 Å². The van der Waals surface area contributed by atoms with Crippen LogP contribution in [0.15, 0.2) is 0 Å². The smallest absolute Gasteiger partial charge is 0.323 e. The summed E-state index contributed by atoms with van der Waals surface area (Å²) in [7, 11) is 0. The summed E-state index contributed by atoms with van der Waals surface area (Å²) < 4.78 is 4.88. The van der Waals surface area contributed by atoms with E-state index in [1.54, 1.807) is 0 Å². The molecule has 4 heteroatoms. The molecule has 72 valence electrons. The summed E-state index contributed by atoms with van der Waals surface area (Å²) in [5.74, 6) is -0.00631. The minimum Gasteiger partial charge on any atom is -0.465 e. The molecule has 0 fully saturated rings. The second kappa shape index (κ2) is 7.43. The molecular formula is C8H17NO2S. The minimum absolute atomic E-state index is 0.340. The molecule has 2 N–H and O–H groups in total. The highest BCUT2D eigenvalue weighted by Crippen LogP contribution is 1.96. The van der Waals surface area contributed by atoms with Gasteiger partial charge in [-0.1, -0.05) is 19.8 Å². The molecule has 0 aromatic rings. The lowest BCUT2D eigenvalue weighted by atomic mass is 10.3. The highest BCUT2D eigenvalue weighted by Gasteiger charge is 2.11. The van der Waals surface area contributed by atoms with Gasteiger partial charge in [0.1, 0.15) is 6.04 Å². The van der Waals surface area contributed by atoms with Crippen molar-refractivity contribution in [3.8, 4) is 0 Å². The first-order valence-corrected chi connectivity index (χ1v) is 4.88. The molecule has 0 amide bonds. The van der Waals surface area contributed by atoms with E-state index >= 15 is 0 Å². The highest BCUT2D eigenvalue weighted by atomic mass is 32.1. The first kappa shape index (κ1) is 11.8. The quantitative estimate of drug-likeness (QED) is 0.374. The summed E-state index contributed by atoms with van der Waals surface area (Å²) in [5, 5.41) is 0. The van der Waals surface area contributed by atoms with Gasteiger partial charge in [-0.05, 0) is 6.42 Å². The topological polar surface area (TPSA) is 52.3 Å². The number of esters is 1. The Morgan fingerprint density at radius 2 is 2.25 bits per heavy atom. The van der Waals surface area contributed by atoms with Crippen LogP contribution in [0.5, 0.6) is 0 Å². The predicted molar refractivity (Wildman–Crippen MR) is 52.3 cm³/mol. The zero-order chi connectivity index (χ0) is 9.40. The summed E-state index contributed by atoms with van der Waals surface area (Å²) in [6.45, 7) is 2.58. The Balaban J connectivity index is 3.31. The van der Waals surface area contributed by atoms with Crippen LogP contribution in [-0.4, -0.2) is 24.4 Å². The fraction of sp³-hybridized carbons (Fsp3) is 0.875. The van der Waals surface area contributed by atoms with Crippen molar-refractivity contribution < 1.29 is 9.53 Å². The van der Waals surface area contributed by atoms with Gasteiger partial charge >= 0.3 is 5.97 Å². The number of hydrogen-bond donors (Lipinski definition) is 2. The van der Waals surface area contributed by atoms with E-state index in [0.29, 0.717) is 12.4 Å². The largest absolute Gasteiger partial charge is 0.465 e. The van der Waals surface area contributed by atoms with E-state index in [2.05, 4.69) is 19.6 Å². The zero-order valence-corrected chi connectivity index (χ0v) is 8.35. The Labute approximate surface area is 79.1 Å². The average molecular weight is 191 g/mol. The van der Waals surface area contributed by atoms with Gasteiger partial charge in [0, 0.05) is 5.75 Å². The molecule has 0 aliphatic rings. The number of thiol groups is 1. The van der Waals surface area contributed by atoms with Gasteiger partial charge in [-0.3, -0.25) is 4.79 Å². The standard InChI is InChI=1S/C8H17NO2S/c1-2-3-4-5-11-8(10)7(9)6-12/h7,12H,2-6,9H2,1H3/t7-/m1/s1. The molecule has 0 saturated carbocycles. The molecule has 0 spiro atoms. The molecule has 0 rings (SSSR count). The summed E-state index contributed by atoms with van der Waals surface area (Å²) in [4.78, 5) is 10.9. The van der Waals surface area contributed by atoms with E-state index in [1.807, 2.05) is 0 Å². The number of carbonyl (C=O) groups is 1. The number of nitrogens with two attached hydrogens (primary N) is 1. The van der Waals surface area contributed by atoms with Gasteiger partial charge in [0.25, 0.3) is 0 Å². The number of rotatable bonds is 6. The van der Waals surface area contributed by atoms with Gasteiger partial charge in [0.05, 0.1) is 6.61 Å². The maximum absolute atomic E-state index is 10.9. The van der Waals surface area contributed by atoms with E-state index in [0.717, 1.165) is 19.3 Å². The number of ether oxygens (including phenoxy) is 1. The third kappa shape index (κ3) is 5.43. The van der Waals surface area contributed by atoms with Crippen molar-refractivity contribution in [2.24, 2.45) is 5.73 Å². The minimum atomic E-state index is -0.574. The van der Waals surface area contributed by atoms with E-state index in [4.69, 9.17) is 10.5 Å². The Kier molecular flexibility index (Phi) is 7.29. The molecule has 0 unspecified atom stereocenters. The van der Waals surface area contributed by atoms with Crippen LogP contribution in [-0.2, 0) is 9.53 Å². The Bertz CT molecular complexity index is 130. The fourth-order valence-corrected chi connectivity index (χ4v) is 0.855.